The Balaban J connectivity index is 2.82. The van der Waals surface area contributed by atoms with Crippen LogP contribution < -0.4 is 5.32 Å². The van der Waals surface area contributed by atoms with Crippen molar-refractivity contribution in [3.63, 3.8) is 0 Å². The fourth-order valence-electron chi connectivity index (χ4n) is 1.67. The van der Waals surface area contributed by atoms with Crippen LogP contribution in [-0.4, -0.2) is 12.6 Å². The molecular formula is C15H22FN. The third-order valence-electron chi connectivity index (χ3n) is 2.92. The van der Waals surface area contributed by atoms with E-state index in [2.05, 4.69) is 19.2 Å². The van der Waals surface area contributed by atoms with Crippen molar-refractivity contribution < 1.29 is 4.39 Å². The highest BCUT2D eigenvalue weighted by atomic mass is 19.1. The summed E-state index contributed by atoms with van der Waals surface area (Å²) in [6.07, 6.45) is 3.03. The molecule has 0 saturated carbocycles. The lowest BCUT2D eigenvalue weighted by Gasteiger charge is -2.14. The highest BCUT2D eigenvalue weighted by Crippen LogP contribution is 2.15. The summed E-state index contributed by atoms with van der Waals surface area (Å²) in [4.78, 5) is 0. The molecule has 94 valence electrons. The average molecular weight is 235 g/mol. The quantitative estimate of drug-likeness (QED) is 0.815. The topological polar surface area (TPSA) is 12.0 Å². The lowest BCUT2D eigenvalue weighted by atomic mass is 10.0. The third kappa shape index (κ3) is 4.31. The van der Waals surface area contributed by atoms with E-state index in [0.717, 1.165) is 24.1 Å². The number of benzene rings is 1. The van der Waals surface area contributed by atoms with Gasteiger partial charge in [-0.3, -0.25) is 0 Å². The Hall–Kier alpha value is -1.15. The second kappa shape index (κ2) is 6.55. The first-order valence-corrected chi connectivity index (χ1v) is 6.22. The number of hydrogen-bond acceptors (Lipinski definition) is 1. The molecule has 1 nitrogen and oxygen atoms in total. The van der Waals surface area contributed by atoms with Gasteiger partial charge in [0.2, 0.25) is 0 Å². The summed E-state index contributed by atoms with van der Waals surface area (Å²) >= 11 is 0. The zero-order chi connectivity index (χ0) is 12.8. The summed E-state index contributed by atoms with van der Waals surface area (Å²) in [7, 11) is 0. The van der Waals surface area contributed by atoms with Gasteiger partial charge in [0, 0.05) is 11.6 Å². The van der Waals surface area contributed by atoms with Crippen molar-refractivity contribution in [2.24, 2.45) is 0 Å². The van der Waals surface area contributed by atoms with E-state index in [1.54, 1.807) is 6.07 Å². The molecule has 1 aromatic carbocycles. The van der Waals surface area contributed by atoms with Gasteiger partial charge in [0.05, 0.1) is 0 Å². The molecule has 17 heavy (non-hydrogen) atoms. The molecule has 0 radical (unpaired) electrons. The van der Waals surface area contributed by atoms with Crippen LogP contribution in [0.2, 0.25) is 0 Å². The predicted molar refractivity (Wildman–Crippen MR) is 72.5 cm³/mol. The number of nitrogens with one attached hydrogen (secondary N) is 1. The van der Waals surface area contributed by atoms with E-state index in [9.17, 15) is 4.39 Å². The molecule has 1 atom stereocenters. The number of rotatable bonds is 5. The van der Waals surface area contributed by atoms with Crippen LogP contribution in [0.1, 0.15) is 38.3 Å². The second-order valence-electron chi connectivity index (χ2n) is 4.59. The SMILES string of the molecule is CCCNC(C)/C(C)=C/c1cc(C)ccc1F. The molecule has 1 N–H and O–H groups in total. The summed E-state index contributed by atoms with van der Waals surface area (Å²) in [5.41, 5.74) is 2.91. The van der Waals surface area contributed by atoms with E-state index in [-0.39, 0.29) is 11.9 Å². The molecule has 0 bridgehead atoms. The van der Waals surface area contributed by atoms with E-state index in [0.29, 0.717) is 5.56 Å². The zero-order valence-corrected chi connectivity index (χ0v) is 11.2. The first-order chi connectivity index (χ1) is 8.04. The molecule has 0 aliphatic heterocycles. The molecule has 0 aromatic heterocycles. The molecule has 0 aliphatic rings. The third-order valence-corrected chi connectivity index (χ3v) is 2.92. The van der Waals surface area contributed by atoms with Gasteiger partial charge in [0.1, 0.15) is 5.82 Å². The van der Waals surface area contributed by atoms with Gasteiger partial charge in [0.15, 0.2) is 0 Å². The van der Waals surface area contributed by atoms with Gasteiger partial charge in [0.25, 0.3) is 0 Å². The van der Waals surface area contributed by atoms with E-state index in [1.807, 2.05) is 26.0 Å². The molecule has 2 heteroatoms. The van der Waals surface area contributed by atoms with Crippen LogP contribution in [0.3, 0.4) is 0 Å². The fourth-order valence-corrected chi connectivity index (χ4v) is 1.67. The van der Waals surface area contributed by atoms with Gasteiger partial charge in [-0.1, -0.05) is 30.2 Å². The molecule has 1 rings (SSSR count). The van der Waals surface area contributed by atoms with Crippen LogP contribution in [0.25, 0.3) is 6.08 Å². The maximum atomic E-state index is 13.6. The van der Waals surface area contributed by atoms with Gasteiger partial charge in [-0.05, 0) is 45.9 Å². The van der Waals surface area contributed by atoms with Crippen molar-refractivity contribution in [3.8, 4) is 0 Å². The molecule has 0 saturated heterocycles. The summed E-state index contributed by atoms with van der Waals surface area (Å²) in [6.45, 7) is 9.25. The van der Waals surface area contributed by atoms with Crippen LogP contribution in [0.5, 0.6) is 0 Å². The Bertz CT molecular complexity index is 396. The highest BCUT2D eigenvalue weighted by molar-refractivity contribution is 5.55. The second-order valence-corrected chi connectivity index (χ2v) is 4.59. The molecule has 0 spiro atoms. The van der Waals surface area contributed by atoms with Gasteiger partial charge in [-0.15, -0.1) is 0 Å². The van der Waals surface area contributed by atoms with Crippen LogP contribution in [0.4, 0.5) is 4.39 Å². The lowest BCUT2D eigenvalue weighted by Crippen LogP contribution is -2.27. The van der Waals surface area contributed by atoms with Crippen LogP contribution in [0, 0.1) is 12.7 Å². The van der Waals surface area contributed by atoms with Crippen LogP contribution in [0.15, 0.2) is 23.8 Å². The van der Waals surface area contributed by atoms with Gasteiger partial charge in [-0.2, -0.15) is 0 Å². The molecular weight excluding hydrogens is 213 g/mol. The van der Waals surface area contributed by atoms with Crippen molar-refractivity contribution in [3.05, 3.63) is 40.7 Å². The minimum Gasteiger partial charge on any atom is -0.311 e. The molecule has 1 unspecified atom stereocenters. The Kier molecular flexibility index (Phi) is 5.36. The number of hydrogen-bond donors (Lipinski definition) is 1. The van der Waals surface area contributed by atoms with E-state index in [4.69, 9.17) is 0 Å². The number of aryl methyl sites for hydroxylation is 1. The van der Waals surface area contributed by atoms with Crippen molar-refractivity contribution in [1.82, 2.24) is 5.32 Å². The largest absolute Gasteiger partial charge is 0.311 e. The van der Waals surface area contributed by atoms with Crippen molar-refractivity contribution in [2.75, 3.05) is 6.54 Å². The Morgan fingerprint density at radius 2 is 2.18 bits per heavy atom. The fraction of sp³-hybridized carbons (Fsp3) is 0.467. The van der Waals surface area contributed by atoms with Crippen LogP contribution in [-0.2, 0) is 0 Å². The monoisotopic (exact) mass is 235 g/mol. The first-order valence-electron chi connectivity index (χ1n) is 6.22. The summed E-state index contributed by atoms with van der Waals surface area (Å²) in [5, 5.41) is 3.40. The molecule has 0 amide bonds. The van der Waals surface area contributed by atoms with E-state index < -0.39 is 0 Å². The summed E-state index contributed by atoms with van der Waals surface area (Å²) in [5.74, 6) is -0.155. The average Bonchev–Trinajstić information content (AvgIpc) is 2.30. The normalized spacial score (nSPS) is 13.8. The highest BCUT2D eigenvalue weighted by Gasteiger charge is 2.05. The molecule has 0 fully saturated rings. The van der Waals surface area contributed by atoms with Gasteiger partial charge in [-0.25, -0.2) is 4.39 Å². The number of halogens is 1. The molecule has 0 heterocycles. The molecule has 1 aromatic rings. The maximum Gasteiger partial charge on any atom is 0.130 e. The Morgan fingerprint density at radius 1 is 1.47 bits per heavy atom. The van der Waals surface area contributed by atoms with Crippen molar-refractivity contribution >= 4 is 6.08 Å². The predicted octanol–water partition coefficient (Wildman–Crippen LogP) is 3.93. The maximum absolute atomic E-state index is 13.6. The smallest absolute Gasteiger partial charge is 0.130 e. The molecule has 0 aliphatic carbocycles. The van der Waals surface area contributed by atoms with Crippen molar-refractivity contribution in [1.29, 1.82) is 0 Å². The van der Waals surface area contributed by atoms with E-state index in [1.165, 1.54) is 6.07 Å². The minimum atomic E-state index is -0.155. The van der Waals surface area contributed by atoms with Gasteiger partial charge < -0.3 is 5.32 Å². The summed E-state index contributed by atoms with van der Waals surface area (Å²) < 4.78 is 13.6. The zero-order valence-electron chi connectivity index (χ0n) is 11.2. The van der Waals surface area contributed by atoms with E-state index >= 15 is 0 Å². The summed E-state index contributed by atoms with van der Waals surface area (Å²) in [6, 6.07) is 5.49. The Morgan fingerprint density at radius 3 is 2.82 bits per heavy atom. The Labute approximate surface area is 104 Å². The standard InChI is InChI=1S/C15H22FN/c1-5-8-17-13(4)12(3)10-14-9-11(2)6-7-15(14)16/h6-7,9-10,13,17H,5,8H2,1-4H3/b12-10+. The lowest BCUT2D eigenvalue weighted by molar-refractivity contribution is 0.602. The van der Waals surface area contributed by atoms with Crippen LogP contribution >= 0.6 is 0 Å². The van der Waals surface area contributed by atoms with Crippen molar-refractivity contribution in [2.45, 2.75) is 40.2 Å². The minimum absolute atomic E-state index is 0.155. The van der Waals surface area contributed by atoms with Gasteiger partial charge >= 0.3 is 0 Å². The first kappa shape index (κ1) is 13.9.